The Balaban J connectivity index is 1.98. The van der Waals surface area contributed by atoms with Gasteiger partial charge in [0.25, 0.3) is 0 Å². The lowest BCUT2D eigenvalue weighted by Gasteiger charge is -2.03. The van der Waals surface area contributed by atoms with Gasteiger partial charge in [-0.3, -0.25) is 0 Å². The van der Waals surface area contributed by atoms with Gasteiger partial charge in [-0.1, -0.05) is 10.3 Å². The van der Waals surface area contributed by atoms with Crippen LogP contribution < -0.4 is 0 Å². The number of oxime groups is 2. The van der Waals surface area contributed by atoms with Crippen LogP contribution >= 0.6 is 0 Å². The summed E-state index contributed by atoms with van der Waals surface area (Å²) < 4.78 is 0. The van der Waals surface area contributed by atoms with Crippen LogP contribution in [0.2, 0.25) is 0 Å². The molecule has 0 aromatic carbocycles. The minimum absolute atomic E-state index is 0.0532. The predicted molar refractivity (Wildman–Crippen MR) is 40.6 cm³/mol. The third kappa shape index (κ3) is 1.20. The second kappa shape index (κ2) is 2.53. The van der Waals surface area contributed by atoms with Crippen LogP contribution in [-0.4, -0.2) is 24.1 Å². The number of rotatable bonds is 1. The maximum absolute atomic E-state index is 5.13. The monoisotopic (exact) mass is 154 g/mol. The molecule has 2 aliphatic heterocycles. The van der Waals surface area contributed by atoms with Gasteiger partial charge in [0.1, 0.15) is 12.3 Å². The molecule has 0 aliphatic carbocycles. The lowest BCUT2D eigenvalue weighted by Crippen LogP contribution is -2.18. The highest BCUT2D eigenvalue weighted by molar-refractivity contribution is 5.95. The van der Waals surface area contributed by atoms with Crippen molar-refractivity contribution in [2.24, 2.45) is 10.3 Å². The third-order valence-electron chi connectivity index (χ3n) is 1.82. The molecule has 2 heterocycles. The fourth-order valence-electron chi connectivity index (χ4n) is 1.22. The molecule has 0 spiro atoms. The normalized spacial score (nSPS) is 29.0. The quantitative estimate of drug-likeness (QED) is 0.563. The first-order valence-electron chi connectivity index (χ1n) is 3.74. The minimum Gasteiger partial charge on any atom is -0.395 e. The molecule has 0 fully saturated rings. The summed E-state index contributed by atoms with van der Waals surface area (Å²) in [5.41, 5.74) is 2.02. The Bertz CT molecular complexity index is 222. The second-order valence-electron chi connectivity index (χ2n) is 2.79. The highest BCUT2D eigenvalue weighted by Crippen LogP contribution is 2.16. The molecule has 0 aromatic rings. The summed E-state index contributed by atoms with van der Waals surface area (Å²) in [6.07, 6.45) is 1.80. The van der Waals surface area contributed by atoms with E-state index in [2.05, 4.69) is 10.3 Å². The average Bonchev–Trinajstić information content (AvgIpc) is 2.55. The van der Waals surface area contributed by atoms with Crippen LogP contribution in [0, 0.1) is 0 Å². The van der Waals surface area contributed by atoms with Crippen LogP contribution in [0.1, 0.15) is 19.8 Å². The van der Waals surface area contributed by atoms with Gasteiger partial charge in [-0.05, 0) is 6.92 Å². The summed E-state index contributed by atoms with van der Waals surface area (Å²) in [7, 11) is 0. The van der Waals surface area contributed by atoms with Gasteiger partial charge in [-0.15, -0.1) is 0 Å². The fourth-order valence-corrected chi connectivity index (χ4v) is 1.22. The summed E-state index contributed by atoms with van der Waals surface area (Å²) >= 11 is 0. The molecule has 0 saturated heterocycles. The van der Waals surface area contributed by atoms with E-state index in [0.29, 0.717) is 6.61 Å². The van der Waals surface area contributed by atoms with Gasteiger partial charge in [0.2, 0.25) is 0 Å². The Labute approximate surface area is 64.8 Å². The van der Waals surface area contributed by atoms with Crippen molar-refractivity contribution in [3.63, 3.8) is 0 Å². The van der Waals surface area contributed by atoms with Crippen molar-refractivity contribution in [2.45, 2.75) is 25.9 Å². The maximum Gasteiger partial charge on any atom is 0.174 e. The van der Waals surface area contributed by atoms with Gasteiger partial charge in [-0.2, -0.15) is 0 Å². The first kappa shape index (κ1) is 6.64. The minimum atomic E-state index is 0.0532. The molecule has 11 heavy (non-hydrogen) atoms. The molecule has 0 saturated carbocycles. The SMILES string of the molecule is CC1=NOC(C2=NOCC2)C1. The maximum atomic E-state index is 5.13. The summed E-state index contributed by atoms with van der Waals surface area (Å²) in [5, 5.41) is 7.71. The Morgan fingerprint density at radius 2 is 2.36 bits per heavy atom. The molecule has 2 aliphatic rings. The van der Waals surface area contributed by atoms with E-state index >= 15 is 0 Å². The van der Waals surface area contributed by atoms with Crippen LogP contribution in [0.4, 0.5) is 0 Å². The highest BCUT2D eigenvalue weighted by Gasteiger charge is 2.26. The molecule has 0 radical (unpaired) electrons. The summed E-state index contributed by atoms with van der Waals surface area (Å²) in [6, 6.07) is 0. The molecule has 4 heteroatoms. The van der Waals surface area contributed by atoms with Crippen LogP contribution in [0.25, 0.3) is 0 Å². The van der Waals surface area contributed by atoms with Gasteiger partial charge in [0.05, 0.1) is 5.71 Å². The first-order valence-corrected chi connectivity index (χ1v) is 3.74. The van der Waals surface area contributed by atoms with Gasteiger partial charge in [0, 0.05) is 12.8 Å². The van der Waals surface area contributed by atoms with E-state index < -0.39 is 0 Å². The molecule has 1 unspecified atom stereocenters. The van der Waals surface area contributed by atoms with Crippen molar-refractivity contribution in [1.82, 2.24) is 0 Å². The standard InChI is InChI=1S/C7H10N2O2/c1-5-4-7(11-8-5)6-2-3-10-9-6/h7H,2-4H2,1H3. The summed E-state index contributed by atoms with van der Waals surface area (Å²) in [5.74, 6) is 0. The predicted octanol–water partition coefficient (Wildman–Crippen LogP) is 0.927. The van der Waals surface area contributed by atoms with Gasteiger partial charge in [0.15, 0.2) is 6.10 Å². The Morgan fingerprint density at radius 3 is 2.91 bits per heavy atom. The van der Waals surface area contributed by atoms with Crippen LogP contribution in [0.5, 0.6) is 0 Å². The molecule has 0 aromatic heterocycles. The van der Waals surface area contributed by atoms with Crippen molar-refractivity contribution < 1.29 is 9.68 Å². The molecule has 0 N–H and O–H groups in total. The van der Waals surface area contributed by atoms with E-state index in [1.807, 2.05) is 6.92 Å². The van der Waals surface area contributed by atoms with Crippen LogP contribution in [0.15, 0.2) is 10.3 Å². The lowest BCUT2D eigenvalue weighted by atomic mass is 10.1. The highest BCUT2D eigenvalue weighted by atomic mass is 16.7. The number of hydrogen-bond donors (Lipinski definition) is 0. The van der Waals surface area contributed by atoms with Crippen LogP contribution in [0.3, 0.4) is 0 Å². The Hall–Kier alpha value is -1.06. The van der Waals surface area contributed by atoms with E-state index in [4.69, 9.17) is 9.68 Å². The van der Waals surface area contributed by atoms with E-state index in [9.17, 15) is 0 Å². The van der Waals surface area contributed by atoms with Gasteiger partial charge < -0.3 is 9.68 Å². The van der Waals surface area contributed by atoms with E-state index in [1.54, 1.807) is 0 Å². The zero-order chi connectivity index (χ0) is 7.68. The van der Waals surface area contributed by atoms with E-state index in [1.165, 1.54) is 0 Å². The van der Waals surface area contributed by atoms with E-state index in [-0.39, 0.29) is 6.10 Å². The summed E-state index contributed by atoms with van der Waals surface area (Å²) in [4.78, 5) is 9.99. The van der Waals surface area contributed by atoms with Gasteiger partial charge in [-0.25, -0.2) is 0 Å². The third-order valence-corrected chi connectivity index (χ3v) is 1.82. The molecule has 4 nitrogen and oxygen atoms in total. The average molecular weight is 154 g/mol. The Kier molecular flexibility index (Phi) is 1.52. The van der Waals surface area contributed by atoms with Crippen LogP contribution in [-0.2, 0) is 9.68 Å². The molecular weight excluding hydrogens is 144 g/mol. The largest absolute Gasteiger partial charge is 0.395 e. The molecule has 0 bridgehead atoms. The van der Waals surface area contributed by atoms with Crippen molar-refractivity contribution in [3.05, 3.63) is 0 Å². The second-order valence-corrected chi connectivity index (χ2v) is 2.79. The molecule has 60 valence electrons. The fraction of sp³-hybridized carbons (Fsp3) is 0.714. The smallest absolute Gasteiger partial charge is 0.174 e. The first-order chi connectivity index (χ1) is 5.36. The Morgan fingerprint density at radius 1 is 1.45 bits per heavy atom. The molecule has 0 amide bonds. The zero-order valence-electron chi connectivity index (χ0n) is 6.41. The zero-order valence-corrected chi connectivity index (χ0v) is 6.41. The van der Waals surface area contributed by atoms with Gasteiger partial charge >= 0.3 is 0 Å². The van der Waals surface area contributed by atoms with Crippen molar-refractivity contribution in [3.8, 4) is 0 Å². The molecule has 2 rings (SSSR count). The number of nitrogens with zero attached hydrogens (tertiary/aromatic N) is 2. The lowest BCUT2D eigenvalue weighted by molar-refractivity contribution is 0.130. The molecular formula is C7H10N2O2. The topological polar surface area (TPSA) is 43.2 Å². The van der Waals surface area contributed by atoms with Crippen molar-refractivity contribution >= 4 is 11.4 Å². The molecule has 1 atom stereocenters. The van der Waals surface area contributed by atoms with Crippen molar-refractivity contribution in [1.29, 1.82) is 0 Å². The van der Waals surface area contributed by atoms with E-state index in [0.717, 1.165) is 24.3 Å². The number of hydrogen-bond acceptors (Lipinski definition) is 4. The van der Waals surface area contributed by atoms with Crippen molar-refractivity contribution in [2.75, 3.05) is 6.61 Å². The summed E-state index contributed by atoms with van der Waals surface area (Å²) in [6.45, 7) is 2.64.